The molecule has 6 heteroatoms. The number of hydrogen-bond donors (Lipinski definition) is 0. The van der Waals surface area contributed by atoms with Crippen molar-refractivity contribution in [2.45, 2.75) is 24.6 Å². The number of nitro groups is 1. The third-order valence-electron chi connectivity index (χ3n) is 3.64. The first-order valence-electron chi connectivity index (χ1n) is 6.94. The van der Waals surface area contributed by atoms with Crippen molar-refractivity contribution in [1.82, 2.24) is 0 Å². The average molecular weight is 349 g/mol. The van der Waals surface area contributed by atoms with Gasteiger partial charge in [0.2, 0.25) is 0 Å². The number of alkyl halides is 1. The zero-order valence-corrected chi connectivity index (χ0v) is 14.1. The van der Waals surface area contributed by atoms with Crippen LogP contribution in [0.3, 0.4) is 0 Å². The van der Waals surface area contributed by atoms with Crippen molar-refractivity contribution >= 4 is 28.9 Å². The fraction of sp³-hybridized carbons (Fsp3) is 0.235. The second-order valence-corrected chi connectivity index (χ2v) is 6.47. The third kappa shape index (κ3) is 3.31. The maximum atomic E-state index is 11.2. The molecule has 118 valence electrons. The third-order valence-corrected chi connectivity index (χ3v) is 4.41. The van der Waals surface area contributed by atoms with Crippen LogP contribution in [-0.4, -0.2) is 4.92 Å². The highest BCUT2D eigenvalue weighted by molar-refractivity contribution is 6.31. The summed E-state index contributed by atoms with van der Waals surface area (Å²) in [7, 11) is 0. The first-order chi connectivity index (χ1) is 10.8. The molecular formula is C17H14Cl2N2O2. The van der Waals surface area contributed by atoms with Crippen molar-refractivity contribution in [3.05, 3.63) is 74.3 Å². The van der Waals surface area contributed by atoms with E-state index in [1.54, 1.807) is 30.3 Å². The summed E-state index contributed by atoms with van der Waals surface area (Å²) in [6, 6.07) is 13.3. The van der Waals surface area contributed by atoms with Gasteiger partial charge in [-0.05, 0) is 41.3 Å². The minimum absolute atomic E-state index is 0.0248. The van der Waals surface area contributed by atoms with Gasteiger partial charge < -0.3 is 0 Å². The SMILES string of the molecule is CC(C)c1cc(C(Cl)(C#N)c2ccc(Cl)cc2)ccc1[N+](=O)[O-]. The Morgan fingerprint density at radius 3 is 2.22 bits per heavy atom. The van der Waals surface area contributed by atoms with Crippen molar-refractivity contribution in [2.75, 3.05) is 0 Å². The van der Waals surface area contributed by atoms with Crippen molar-refractivity contribution in [2.24, 2.45) is 0 Å². The standard InChI is InChI=1S/C17H14Cl2N2O2/c1-11(2)15-9-13(5-8-16(15)21(22)23)17(19,10-20)12-3-6-14(18)7-4-12/h3-9,11H,1-2H3. The van der Waals surface area contributed by atoms with Crippen LogP contribution >= 0.6 is 23.2 Å². The molecule has 0 N–H and O–H groups in total. The van der Waals surface area contributed by atoms with Gasteiger partial charge in [0.25, 0.3) is 5.69 Å². The van der Waals surface area contributed by atoms with E-state index in [9.17, 15) is 15.4 Å². The van der Waals surface area contributed by atoms with Crippen LogP contribution in [0.4, 0.5) is 5.69 Å². The molecule has 0 spiro atoms. The first kappa shape index (κ1) is 17.3. The monoisotopic (exact) mass is 348 g/mol. The van der Waals surface area contributed by atoms with E-state index in [0.29, 0.717) is 21.7 Å². The van der Waals surface area contributed by atoms with Crippen molar-refractivity contribution in [1.29, 1.82) is 5.26 Å². The quantitative estimate of drug-likeness (QED) is 0.423. The summed E-state index contributed by atoms with van der Waals surface area (Å²) in [6.07, 6.45) is 0. The van der Waals surface area contributed by atoms with Crippen LogP contribution in [0.25, 0.3) is 0 Å². The maximum absolute atomic E-state index is 11.2. The molecule has 0 saturated carbocycles. The van der Waals surface area contributed by atoms with E-state index in [-0.39, 0.29) is 11.6 Å². The topological polar surface area (TPSA) is 66.9 Å². The highest BCUT2D eigenvalue weighted by Crippen LogP contribution is 2.39. The normalized spacial score (nSPS) is 13.4. The largest absolute Gasteiger partial charge is 0.272 e. The van der Waals surface area contributed by atoms with Crippen LogP contribution in [0.1, 0.15) is 36.5 Å². The highest BCUT2D eigenvalue weighted by Gasteiger charge is 2.33. The highest BCUT2D eigenvalue weighted by atomic mass is 35.5. The summed E-state index contributed by atoms with van der Waals surface area (Å²) in [6.45, 7) is 3.72. The predicted molar refractivity (Wildman–Crippen MR) is 90.9 cm³/mol. The first-order valence-corrected chi connectivity index (χ1v) is 7.70. The summed E-state index contributed by atoms with van der Waals surface area (Å²) < 4.78 is 0. The van der Waals surface area contributed by atoms with E-state index < -0.39 is 9.80 Å². The Hall–Kier alpha value is -2.09. The molecule has 0 saturated heterocycles. The predicted octanol–water partition coefficient (Wildman–Crippen LogP) is 5.38. The molecule has 4 nitrogen and oxygen atoms in total. The van der Waals surface area contributed by atoms with Gasteiger partial charge in [-0.15, -0.1) is 0 Å². The van der Waals surface area contributed by atoms with Crippen molar-refractivity contribution < 1.29 is 4.92 Å². The second kappa shape index (κ2) is 6.57. The van der Waals surface area contributed by atoms with Gasteiger partial charge in [0, 0.05) is 16.7 Å². The summed E-state index contributed by atoms with van der Waals surface area (Å²) in [5.41, 5.74) is 1.63. The summed E-state index contributed by atoms with van der Waals surface area (Å²) >= 11 is 12.4. The van der Waals surface area contributed by atoms with Crippen LogP contribution in [-0.2, 0) is 4.87 Å². The van der Waals surface area contributed by atoms with Gasteiger partial charge in [-0.2, -0.15) is 5.26 Å². The van der Waals surface area contributed by atoms with Crippen LogP contribution in [0.2, 0.25) is 5.02 Å². The minimum atomic E-state index is -1.43. The Morgan fingerprint density at radius 2 is 1.74 bits per heavy atom. The molecule has 1 atom stereocenters. The number of hydrogen-bond acceptors (Lipinski definition) is 3. The minimum Gasteiger partial charge on any atom is -0.258 e. The lowest BCUT2D eigenvalue weighted by molar-refractivity contribution is -0.385. The molecule has 0 amide bonds. The summed E-state index contributed by atoms with van der Waals surface area (Å²) in [5.74, 6) is -0.0693. The fourth-order valence-corrected chi connectivity index (χ4v) is 2.74. The molecule has 2 rings (SSSR count). The molecule has 1 unspecified atom stereocenters. The number of nitriles is 1. The molecule has 0 aliphatic rings. The molecule has 0 bridgehead atoms. The molecule has 23 heavy (non-hydrogen) atoms. The van der Waals surface area contributed by atoms with Gasteiger partial charge in [-0.3, -0.25) is 10.1 Å². The van der Waals surface area contributed by atoms with Gasteiger partial charge in [-0.1, -0.05) is 49.2 Å². The van der Waals surface area contributed by atoms with E-state index in [2.05, 4.69) is 6.07 Å². The molecule has 0 heterocycles. The lowest BCUT2D eigenvalue weighted by atomic mass is 9.88. The molecular weight excluding hydrogens is 335 g/mol. The zero-order chi connectivity index (χ0) is 17.2. The van der Waals surface area contributed by atoms with Gasteiger partial charge in [0.05, 0.1) is 11.0 Å². The Labute approximate surface area is 144 Å². The van der Waals surface area contributed by atoms with Crippen LogP contribution in [0, 0.1) is 21.4 Å². The summed E-state index contributed by atoms with van der Waals surface area (Å²) in [5, 5.41) is 21.3. The van der Waals surface area contributed by atoms with E-state index in [4.69, 9.17) is 23.2 Å². The van der Waals surface area contributed by atoms with E-state index in [1.165, 1.54) is 12.1 Å². The van der Waals surface area contributed by atoms with Gasteiger partial charge in [0.1, 0.15) is 0 Å². The molecule has 0 aliphatic heterocycles. The van der Waals surface area contributed by atoms with Crippen molar-refractivity contribution in [3.63, 3.8) is 0 Å². The Bertz CT molecular complexity index is 782. The van der Waals surface area contributed by atoms with Crippen LogP contribution < -0.4 is 0 Å². The number of benzene rings is 2. The molecule has 2 aromatic rings. The van der Waals surface area contributed by atoms with Gasteiger partial charge >= 0.3 is 0 Å². The Kier molecular flexibility index (Phi) is 4.93. The lowest BCUT2D eigenvalue weighted by Crippen LogP contribution is -2.18. The number of halogens is 2. The fourth-order valence-electron chi connectivity index (χ4n) is 2.37. The van der Waals surface area contributed by atoms with E-state index >= 15 is 0 Å². The Balaban J connectivity index is 2.62. The summed E-state index contributed by atoms with van der Waals surface area (Å²) in [4.78, 5) is 9.30. The molecule has 2 aromatic carbocycles. The molecule has 0 aromatic heterocycles. The average Bonchev–Trinajstić information content (AvgIpc) is 2.54. The van der Waals surface area contributed by atoms with Crippen LogP contribution in [0.15, 0.2) is 42.5 Å². The second-order valence-electron chi connectivity index (χ2n) is 5.46. The lowest BCUT2D eigenvalue weighted by Gasteiger charge is -2.21. The van der Waals surface area contributed by atoms with E-state index in [0.717, 1.165) is 0 Å². The maximum Gasteiger partial charge on any atom is 0.272 e. The molecule has 0 fully saturated rings. The Morgan fingerprint density at radius 1 is 1.17 bits per heavy atom. The van der Waals surface area contributed by atoms with Gasteiger partial charge in [-0.25, -0.2) is 0 Å². The number of rotatable bonds is 4. The number of nitro benzene ring substituents is 1. The van der Waals surface area contributed by atoms with E-state index in [1.807, 2.05) is 13.8 Å². The number of nitrogens with zero attached hydrogens (tertiary/aromatic N) is 2. The van der Waals surface area contributed by atoms with Crippen LogP contribution in [0.5, 0.6) is 0 Å². The zero-order valence-electron chi connectivity index (χ0n) is 12.6. The molecule has 0 aliphatic carbocycles. The molecule has 0 radical (unpaired) electrons. The smallest absolute Gasteiger partial charge is 0.258 e. The van der Waals surface area contributed by atoms with Crippen molar-refractivity contribution in [3.8, 4) is 6.07 Å². The van der Waals surface area contributed by atoms with Gasteiger partial charge in [0.15, 0.2) is 4.87 Å².